The minimum Gasteiger partial charge on any atom is -0.391 e. The Balaban J connectivity index is 3.69. The van der Waals surface area contributed by atoms with E-state index >= 15 is 0 Å². The van der Waals surface area contributed by atoms with Crippen LogP contribution in [0.15, 0.2) is 24.3 Å². The van der Waals surface area contributed by atoms with E-state index in [1.165, 1.54) is 19.3 Å². The van der Waals surface area contributed by atoms with E-state index in [1.807, 2.05) is 7.05 Å². The average Bonchev–Trinajstić information content (AvgIpc) is 2.18. The highest BCUT2D eigenvalue weighted by molar-refractivity contribution is 8.00. The van der Waals surface area contributed by atoms with Gasteiger partial charge in [0.15, 0.2) is 0 Å². The highest BCUT2D eigenvalue weighted by Gasteiger charge is 2.01. The zero-order valence-corrected chi connectivity index (χ0v) is 10.1. The molecule has 0 aliphatic carbocycles. The van der Waals surface area contributed by atoms with Crippen LogP contribution in [0.2, 0.25) is 0 Å². The first-order valence-corrected chi connectivity index (χ1v) is 6.06. The van der Waals surface area contributed by atoms with E-state index in [4.69, 9.17) is 0 Å². The van der Waals surface area contributed by atoms with Gasteiger partial charge in [-0.1, -0.05) is 37.9 Å². The second-order valence-corrected chi connectivity index (χ2v) is 4.06. The van der Waals surface area contributed by atoms with E-state index in [-0.39, 0.29) is 0 Å². The Hall–Kier alpha value is -0.410. The molecule has 0 rings (SSSR count). The van der Waals surface area contributed by atoms with Gasteiger partial charge in [-0.3, -0.25) is 4.72 Å². The highest BCUT2D eigenvalue weighted by atomic mass is 32.2. The molecule has 1 unspecified atom stereocenters. The van der Waals surface area contributed by atoms with Crippen LogP contribution in [0.3, 0.4) is 0 Å². The Kier molecular flexibility index (Phi) is 10.4. The molecule has 0 amide bonds. The molecule has 2 N–H and O–H groups in total. The van der Waals surface area contributed by atoms with Crippen LogP contribution in [-0.2, 0) is 0 Å². The van der Waals surface area contributed by atoms with Gasteiger partial charge in [0.25, 0.3) is 0 Å². The average molecular weight is 214 g/mol. The van der Waals surface area contributed by atoms with Gasteiger partial charge in [0, 0.05) is 6.54 Å². The van der Waals surface area contributed by atoms with Gasteiger partial charge in [0.1, 0.15) is 0 Å². The minimum atomic E-state index is 0.688. The van der Waals surface area contributed by atoms with Crippen molar-refractivity contribution in [2.24, 2.45) is 5.92 Å². The van der Waals surface area contributed by atoms with E-state index in [0.717, 1.165) is 6.54 Å². The molecule has 0 aliphatic rings. The van der Waals surface area contributed by atoms with Crippen LogP contribution in [0.4, 0.5) is 0 Å². The predicted molar refractivity (Wildman–Crippen MR) is 67.0 cm³/mol. The van der Waals surface area contributed by atoms with Crippen molar-refractivity contribution in [2.45, 2.75) is 26.2 Å². The third-order valence-electron chi connectivity index (χ3n) is 2.00. The highest BCUT2D eigenvalue weighted by Crippen LogP contribution is 2.13. The van der Waals surface area contributed by atoms with Gasteiger partial charge < -0.3 is 5.32 Å². The lowest BCUT2D eigenvalue weighted by Gasteiger charge is -2.10. The topological polar surface area (TPSA) is 24.1 Å². The summed E-state index contributed by atoms with van der Waals surface area (Å²) in [5.41, 5.74) is 0. The van der Waals surface area contributed by atoms with Gasteiger partial charge in [-0.05, 0) is 37.4 Å². The SMILES string of the molecule is C=CNCCC(/C=C/SNC)CCC. The number of nitrogens with one attached hydrogen (secondary N) is 2. The maximum Gasteiger partial charge on any atom is 0.0146 e. The smallest absolute Gasteiger partial charge is 0.0146 e. The Morgan fingerprint density at radius 3 is 2.79 bits per heavy atom. The molecule has 0 fully saturated rings. The molecule has 3 heteroatoms. The summed E-state index contributed by atoms with van der Waals surface area (Å²) >= 11 is 1.63. The summed E-state index contributed by atoms with van der Waals surface area (Å²) in [6.07, 6.45) is 7.73. The fraction of sp³-hybridized carbons (Fsp3) is 0.636. The van der Waals surface area contributed by atoms with E-state index in [0.29, 0.717) is 5.92 Å². The van der Waals surface area contributed by atoms with Gasteiger partial charge >= 0.3 is 0 Å². The van der Waals surface area contributed by atoms with Gasteiger partial charge in [-0.25, -0.2) is 0 Å². The van der Waals surface area contributed by atoms with Crippen LogP contribution in [0.1, 0.15) is 26.2 Å². The standard InChI is InChI=1S/C11H22N2S/c1-4-6-11(7-9-13-5-2)8-10-14-12-3/h5,8,10-13H,2,4,6-7,9H2,1,3H3/b10-8+. The first kappa shape index (κ1) is 13.6. The monoisotopic (exact) mass is 214 g/mol. The van der Waals surface area contributed by atoms with Gasteiger partial charge in [0.2, 0.25) is 0 Å². The summed E-state index contributed by atoms with van der Waals surface area (Å²) in [6, 6.07) is 0. The van der Waals surface area contributed by atoms with Crippen LogP contribution in [0, 0.1) is 5.92 Å². The van der Waals surface area contributed by atoms with Crippen molar-refractivity contribution in [3.63, 3.8) is 0 Å². The van der Waals surface area contributed by atoms with Gasteiger partial charge in [0.05, 0.1) is 0 Å². The fourth-order valence-electron chi connectivity index (χ4n) is 1.30. The Labute approximate surface area is 92.4 Å². The molecule has 0 spiro atoms. The molecule has 14 heavy (non-hydrogen) atoms. The van der Waals surface area contributed by atoms with Crippen molar-refractivity contribution in [1.29, 1.82) is 0 Å². The van der Waals surface area contributed by atoms with Crippen molar-refractivity contribution < 1.29 is 0 Å². The third-order valence-corrected chi connectivity index (χ3v) is 2.53. The van der Waals surface area contributed by atoms with E-state index in [1.54, 1.807) is 18.1 Å². The molecule has 0 saturated carbocycles. The molecule has 0 radical (unpaired) electrons. The van der Waals surface area contributed by atoms with E-state index in [2.05, 4.69) is 35.0 Å². The van der Waals surface area contributed by atoms with Crippen LogP contribution >= 0.6 is 11.9 Å². The summed E-state index contributed by atoms with van der Waals surface area (Å²) in [6.45, 7) is 6.88. The van der Waals surface area contributed by atoms with Crippen molar-refractivity contribution in [3.8, 4) is 0 Å². The predicted octanol–water partition coefficient (Wildman–Crippen LogP) is 2.91. The fourth-order valence-corrected chi connectivity index (χ4v) is 1.73. The molecule has 0 aromatic heterocycles. The van der Waals surface area contributed by atoms with Crippen molar-refractivity contribution in [1.82, 2.24) is 10.0 Å². The summed E-state index contributed by atoms with van der Waals surface area (Å²) in [4.78, 5) is 0. The zero-order chi connectivity index (χ0) is 10.6. The Morgan fingerprint density at radius 2 is 2.21 bits per heavy atom. The van der Waals surface area contributed by atoms with Crippen LogP contribution < -0.4 is 10.0 Å². The van der Waals surface area contributed by atoms with Gasteiger partial charge in [-0.2, -0.15) is 0 Å². The summed E-state index contributed by atoms with van der Waals surface area (Å²) in [7, 11) is 1.93. The third kappa shape index (κ3) is 8.20. The molecule has 2 nitrogen and oxygen atoms in total. The van der Waals surface area contributed by atoms with E-state index in [9.17, 15) is 0 Å². The quantitative estimate of drug-likeness (QED) is 0.456. The van der Waals surface area contributed by atoms with Crippen molar-refractivity contribution >= 4 is 11.9 Å². The molecule has 0 aromatic rings. The molecule has 0 bridgehead atoms. The normalized spacial score (nSPS) is 13.0. The van der Waals surface area contributed by atoms with Crippen LogP contribution in [-0.4, -0.2) is 13.6 Å². The summed E-state index contributed by atoms with van der Waals surface area (Å²) < 4.78 is 3.03. The molecular weight excluding hydrogens is 192 g/mol. The second kappa shape index (κ2) is 10.7. The lowest BCUT2D eigenvalue weighted by atomic mass is 10.0. The lowest BCUT2D eigenvalue weighted by molar-refractivity contribution is 0.528. The molecule has 0 heterocycles. The van der Waals surface area contributed by atoms with Crippen molar-refractivity contribution in [3.05, 3.63) is 24.3 Å². The van der Waals surface area contributed by atoms with Crippen molar-refractivity contribution in [2.75, 3.05) is 13.6 Å². The minimum absolute atomic E-state index is 0.688. The number of rotatable bonds is 9. The van der Waals surface area contributed by atoms with Crippen LogP contribution in [0.25, 0.3) is 0 Å². The van der Waals surface area contributed by atoms with Gasteiger partial charge in [-0.15, -0.1) is 0 Å². The molecule has 1 atom stereocenters. The summed E-state index contributed by atoms with van der Waals surface area (Å²) in [5.74, 6) is 0.688. The molecule has 0 aromatic carbocycles. The number of allylic oxidation sites excluding steroid dienone is 1. The molecule has 0 saturated heterocycles. The molecule has 0 aliphatic heterocycles. The summed E-state index contributed by atoms with van der Waals surface area (Å²) in [5, 5.41) is 5.27. The first-order chi connectivity index (χ1) is 6.85. The second-order valence-electron chi connectivity index (χ2n) is 3.15. The Morgan fingerprint density at radius 1 is 1.43 bits per heavy atom. The number of hydrogen-bond acceptors (Lipinski definition) is 3. The zero-order valence-electron chi connectivity index (χ0n) is 9.25. The van der Waals surface area contributed by atoms with Crippen LogP contribution in [0.5, 0.6) is 0 Å². The largest absolute Gasteiger partial charge is 0.391 e. The Bertz CT molecular complexity index is 157. The maximum atomic E-state index is 3.64. The number of hydrogen-bond donors (Lipinski definition) is 2. The lowest BCUT2D eigenvalue weighted by Crippen LogP contribution is -2.10. The maximum absolute atomic E-state index is 3.64. The molecule has 82 valence electrons. The van der Waals surface area contributed by atoms with E-state index < -0.39 is 0 Å². The first-order valence-electron chi connectivity index (χ1n) is 5.18. The molecular formula is C11H22N2S.